The highest BCUT2D eigenvalue weighted by Crippen LogP contribution is 2.13. The molecule has 144 valence electrons. The number of carbonyl (C=O) groups excluding carboxylic acids is 3. The van der Waals surface area contributed by atoms with Gasteiger partial charge in [-0.1, -0.05) is 12.1 Å². The van der Waals surface area contributed by atoms with E-state index in [0.717, 1.165) is 5.56 Å². The molecule has 8 nitrogen and oxygen atoms in total. The lowest BCUT2D eigenvalue weighted by molar-refractivity contribution is -0.130. The Morgan fingerprint density at radius 3 is 2.30 bits per heavy atom. The molecular weight excluding hydrogens is 348 g/mol. The maximum atomic E-state index is 12.7. The number of benzene rings is 1. The standard InChI is InChI=1S/C19H24N4O4/c1-12(24)17(8-14-4-6-16(27-3)7-5-14)23-19(26)18(22-13(2)25)9-15-10-20-11-21-15/h4-7,10-11,17-18H,8-9H2,1-3H3,(H,20,21)(H,22,25)(H,23,26)/t17-,18+/m1/s1. The van der Waals surface area contributed by atoms with Crippen LogP contribution in [0.15, 0.2) is 36.8 Å². The van der Waals surface area contributed by atoms with Crippen molar-refractivity contribution in [3.8, 4) is 5.75 Å². The molecule has 0 aliphatic carbocycles. The molecule has 8 heteroatoms. The van der Waals surface area contributed by atoms with Crippen LogP contribution in [-0.4, -0.2) is 46.8 Å². The summed E-state index contributed by atoms with van der Waals surface area (Å²) in [5.74, 6) is -0.201. The number of aromatic amines is 1. The molecule has 0 radical (unpaired) electrons. The number of methoxy groups -OCH3 is 1. The highest BCUT2D eigenvalue weighted by molar-refractivity contribution is 5.92. The molecule has 2 rings (SSSR count). The van der Waals surface area contributed by atoms with E-state index in [1.807, 2.05) is 12.1 Å². The summed E-state index contributed by atoms with van der Waals surface area (Å²) in [5, 5.41) is 5.36. The van der Waals surface area contributed by atoms with Gasteiger partial charge < -0.3 is 20.4 Å². The fraction of sp³-hybridized carbons (Fsp3) is 0.368. The molecule has 0 spiro atoms. The van der Waals surface area contributed by atoms with Crippen molar-refractivity contribution >= 4 is 17.6 Å². The Hall–Kier alpha value is -3.16. The predicted octanol–water partition coefficient (Wildman–Crippen LogP) is 0.782. The molecule has 0 aliphatic rings. The van der Waals surface area contributed by atoms with E-state index in [4.69, 9.17) is 4.74 Å². The summed E-state index contributed by atoms with van der Waals surface area (Å²) in [6.07, 6.45) is 3.68. The molecular formula is C19H24N4O4. The van der Waals surface area contributed by atoms with Gasteiger partial charge in [-0.25, -0.2) is 4.98 Å². The Kier molecular flexibility index (Phi) is 7.10. The van der Waals surface area contributed by atoms with E-state index in [1.165, 1.54) is 20.2 Å². The van der Waals surface area contributed by atoms with Crippen LogP contribution in [0.2, 0.25) is 0 Å². The Bertz CT molecular complexity index is 772. The first-order valence-corrected chi connectivity index (χ1v) is 8.57. The minimum atomic E-state index is -0.805. The number of hydrogen-bond acceptors (Lipinski definition) is 5. The Morgan fingerprint density at radius 1 is 1.07 bits per heavy atom. The Morgan fingerprint density at radius 2 is 1.78 bits per heavy atom. The maximum Gasteiger partial charge on any atom is 0.243 e. The first-order valence-electron chi connectivity index (χ1n) is 8.57. The maximum absolute atomic E-state index is 12.7. The van der Waals surface area contributed by atoms with Crippen molar-refractivity contribution in [1.82, 2.24) is 20.6 Å². The van der Waals surface area contributed by atoms with Gasteiger partial charge in [0.05, 0.1) is 19.5 Å². The van der Waals surface area contributed by atoms with Crippen LogP contribution in [0.1, 0.15) is 25.1 Å². The summed E-state index contributed by atoms with van der Waals surface area (Å²) in [4.78, 5) is 43.0. The molecule has 0 unspecified atom stereocenters. The molecule has 0 bridgehead atoms. The second-order valence-electron chi connectivity index (χ2n) is 6.26. The van der Waals surface area contributed by atoms with Crippen LogP contribution in [0.25, 0.3) is 0 Å². The highest BCUT2D eigenvalue weighted by Gasteiger charge is 2.25. The molecule has 0 aliphatic heterocycles. The number of ether oxygens (including phenoxy) is 1. The zero-order valence-electron chi connectivity index (χ0n) is 15.6. The number of imidazole rings is 1. The fourth-order valence-corrected chi connectivity index (χ4v) is 2.64. The van der Waals surface area contributed by atoms with Crippen molar-refractivity contribution in [2.75, 3.05) is 7.11 Å². The normalized spacial score (nSPS) is 12.7. The van der Waals surface area contributed by atoms with Gasteiger partial charge in [-0.15, -0.1) is 0 Å². The second kappa shape index (κ2) is 9.51. The molecule has 1 aromatic carbocycles. The first kappa shape index (κ1) is 20.2. The number of H-pyrrole nitrogens is 1. The number of aromatic nitrogens is 2. The van der Waals surface area contributed by atoms with Crippen molar-refractivity contribution in [3.63, 3.8) is 0 Å². The van der Waals surface area contributed by atoms with E-state index < -0.39 is 18.0 Å². The molecule has 2 amide bonds. The summed E-state index contributed by atoms with van der Waals surface area (Å²) in [5.41, 5.74) is 1.60. The second-order valence-corrected chi connectivity index (χ2v) is 6.26. The number of rotatable bonds is 9. The average molecular weight is 372 g/mol. The molecule has 1 aromatic heterocycles. The van der Waals surface area contributed by atoms with Gasteiger partial charge in [0, 0.05) is 25.2 Å². The number of nitrogens with one attached hydrogen (secondary N) is 3. The van der Waals surface area contributed by atoms with Gasteiger partial charge in [-0.3, -0.25) is 14.4 Å². The number of hydrogen-bond donors (Lipinski definition) is 3. The van der Waals surface area contributed by atoms with Crippen LogP contribution < -0.4 is 15.4 Å². The van der Waals surface area contributed by atoms with Crippen molar-refractivity contribution < 1.29 is 19.1 Å². The highest BCUT2D eigenvalue weighted by atomic mass is 16.5. The summed E-state index contributed by atoms with van der Waals surface area (Å²) in [6, 6.07) is 5.79. The predicted molar refractivity (Wildman–Crippen MR) is 99.2 cm³/mol. The van der Waals surface area contributed by atoms with Gasteiger partial charge >= 0.3 is 0 Å². The summed E-state index contributed by atoms with van der Waals surface area (Å²) in [6.45, 7) is 2.77. The number of Topliss-reactive ketones (excluding diaryl/α,β-unsaturated/α-hetero) is 1. The van der Waals surface area contributed by atoms with Gasteiger partial charge in [0.15, 0.2) is 5.78 Å². The van der Waals surface area contributed by atoms with Crippen LogP contribution in [0.3, 0.4) is 0 Å². The van der Waals surface area contributed by atoms with Crippen molar-refractivity contribution in [1.29, 1.82) is 0 Å². The monoisotopic (exact) mass is 372 g/mol. The van der Waals surface area contributed by atoms with Crippen LogP contribution in [0, 0.1) is 0 Å². The van der Waals surface area contributed by atoms with Crippen LogP contribution in [0.4, 0.5) is 0 Å². The lowest BCUT2D eigenvalue weighted by Gasteiger charge is -2.21. The third kappa shape index (κ3) is 6.25. The lowest BCUT2D eigenvalue weighted by atomic mass is 10.0. The molecule has 0 saturated heterocycles. The zero-order valence-corrected chi connectivity index (χ0v) is 15.6. The quantitative estimate of drug-likeness (QED) is 0.602. The third-order valence-corrected chi connectivity index (χ3v) is 4.08. The molecule has 27 heavy (non-hydrogen) atoms. The fourth-order valence-electron chi connectivity index (χ4n) is 2.64. The van der Waals surface area contributed by atoms with E-state index >= 15 is 0 Å². The topological polar surface area (TPSA) is 113 Å². The summed E-state index contributed by atoms with van der Waals surface area (Å²) >= 11 is 0. The lowest BCUT2D eigenvalue weighted by Crippen LogP contribution is -2.52. The molecule has 1 heterocycles. The van der Waals surface area contributed by atoms with Crippen molar-refractivity contribution in [3.05, 3.63) is 48.0 Å². The van der Waals surface area contributed by atoms with E-state index in [9.17, 15) is 14.4 Å². The van der Waals surface area contributed by atoms with E-state index in [0.29, 0.717) is 17.9 Å². The van der Waals surface area contributed by atoms with Crippen molar-refractivity contribution in [2.24, 2.45) is 0 Å². The third-order valence-electron chi connectivity index (χ3n) is 4.08. The Balaban J connectivity index is 2.07. The molecule has 3 N–H and O–H groups in total. The smallest absolute Gasteiger partial charge is 0.243 e. The minimum Gasteiger partial charge on any atom is -0.497 e. The first-order chi connectivity index (χ1) is 12.9. The number of amides is 2. The van der Waals surface area contributed by atoms with Crippen LogP contribution >= 0.6 is 0 Å². The van der Waals surface area contributed by atoms with Crippen molar-refractivity contribution in [2.45, 2.75) is 38.8 Å². The molecule has 0 fully saturated rings. The minimum absolute atomic E-state index is 0.165. The molecule has 0 saturated carbocycles. The van der Waals surface area contributed by atoms with E-state index in [2.05, 4.69) is 20.6 Å². The number of nitrogens with zero attached hydrogens (tertiary/aromatic N) is 1. The SMILES string of the molecule is COc1ccc(C[C@@H](NC(=O)[C@H](Cc2cnc[nH]2)NC(C)=O)C(C)=O)cc1. The van der Waals surface area contributed by atoms with Gasteiger partial charge in [0.2, 0.25) is 11.8 Å². The Labute approximate surface area is 157 Å². The van der Waals surface area contributed by atoms with Gasteiger partial charge in [0.25, 0.3) is 0 Å². The summed E-state index contributed by atoms with van der Waals surface area (Å²) < 4.78 is 5.12. The van der Waals surface area contributed by atoms with E-state index in [1.54, 1.807) is 25.4 Å². The van der Waals surface area contributed by atoms with Gasteiger partial charge in [0.1, 0.15) is 11.8 Å². The molecule has 2 aromatic rings. The summed E-state index contributed by atoms with van der Waals surface area (Å²) in [7, 11) is 1.58. The number of ketones is 1. The largest absolute Gasteiger partial charge is 0.497 e. The van der Waals surface area contributed by atoms with Crippen LogP contribution in [0.5, 0.6) is 5.75 Å². The molecule has 2 atom stereocenters. The average Bonchev–Trinajstić information content (AvgIpc) is 3.13. The van der Waals surface area contributed by atoms with Gasteiger partial charge in [-0.05, 0) is 31.0 Å². The zero-order chi connectivity index (χ0) is 19.8. The van der Waals surface area contributed by atoms with Gasteiger partial charge in [-0.2, -0.15) is 0 Å². The van der Waals surface area contributed by atoms with E-state index in [-0.39, 0.29) is 18.1 Å². The number of carbonyl (C=O) groups is 3. The van der Waals surface area contributed by atoms with Crippen LogP contribution in [-0.2, 0) is 27.2 Å².